The fourth-order valence-corrected chi connectivity index (χ4v) is 4.33. The summed E-state index contributed by atoms with van der Waals surface area (Å²) in [6.07, 6.45) is 0. The lowest BCUT2D eigenvalue weighted by atomic mass is 10.1. The minimum atomic E-state index is -0.301. The molecule has 6 nitrogen and oxygen atoms in total. The number of benzene rings is 3. The molecule has 1 N–H and O–H groups in total. The number of carbonyl (C=O) groups is 1. The van der Waals surface area contributed by atoms with Gasteiger partial charge in [0, 0.05) is 12.1 Å². The molecule has 2 heterocycles. The Hall–Kier alpha value is -3.78. The molecule has 0 saturated heterocycles. The number of aryl methyl sites for hydroxylation is 1. The Labute approximate surface area is 193 Å². The fraction of sp³-hybridized carbons (Fsp3) is 0.120. The lowest BCUT2D eigenvalue weighted by Gasteiger charge is -2.09. The molecule has 0 aliphatic carbocycles. The minimum absolute atomic E-state index is 0.143. The van der Waals surface area contributed by atoms with Crippen molar-refractivity contribution in [2.24, 2.45) is 0 Å². The van der Waals surface area contributed by atoms with Crippen LogP contribution in [-0.2, 0) is 11.3 Å². The molecule has 2 aromatic heterocycles. The van der Waals surface area contributed by atoms with E-state index in [9.17, 15) is 9.18 Å². The third-order valence-corrected chi connectivity index (χ3v) is 6.21. The van der Waals surface area contributed by atoms with E-state index >= 15 is 0 Å². The van der Waals surface area contributed by atoms with Crippen LogP contribution in [0.15, 0.2) is 77.8 Å². The van der Waals surface area contributed by atoms with Gasteiger partial charge in [0.15, 0.2) is 11.5 Å². The van der Waals surface area contributed by atoms with Crippen LogP contribution < -0.4 is 5.32 Å². The molecule has 8 heteroatoms. The topological polar surface area (TPSA) is 72.2 Å². The number of thioether (sulfide) groups is 1. The summed E-state index contributed by atoms with van der Waals surface area (Å²) in [5.74, 6) is 0.460. The van der Waals surface area contributed by atoms with Crippen molar-refractivity contribution in [3.63, 3.8) is 0 Å². The summed E-state index contributed by atoms with van der Waals surface area (Å²) >= 11 is 1.31. The number of hydrogen-bond acceptors (Lipinski definition) is 5. The molecule has 0 saturated carbocycles. The highest BCUT2D eigenvalue weighted by Crippen LogP contribution is 2.29. The van der Waals surface area contributed by atoms with Crippen LogP contribution in [0.5, 0.6) is 0 Å². The van der Waals surface area contributed by atoms with E-state index in [-0.39, 0.29) is 17.5 Å². The van der Waals surface area contributed by atoms with Crippen molar-refractivity contribution >= 4 is 34.3 Å². The number of hydrogen-bond donors (Lipinski definition) is 1. The van der Waals surface area contributed by atoms with Gasteiger partial charge in [0.2, 0.25) is 5.91 Å². The summed E-state index contributed by atoms with van der Waals surface area (Å²) in [5.41, 5.74) is 5.27. The zero-order valence-corrected chi connectivity index (χ0v) is 18.6. The van der Waals surface area contributed by atoms with Gasteiger partial charge in [0.25, 0.3) is 0 Å². The monoisotopic (exact) mass is 457 g/mol. The number of amides is 1. The van der Waals surface area contributed by atoms with Crippen LogP contribution >= 0.6 is 11.8 Å². The van der Waals surface area contributed by atoms with Crippen molar-refractivity contribution in [2.45, 2.75) is 18.5 Å². The lowest BCUT2D eigenvalue weighted by Crippen LogP contribution is -2.24. The summed E-state index contributed by atoms with van der Waals surface area (Å²) in [4.78, 5) is 17.2. The Morgan fingerprint density at radius 1 is 1.00 bits per heavy atom. The second-order valence-corrected chi connectivity index (χ2v) is 8.61. The molecular formula is C25H20FN5OS. The molecule has 0 aliphatic rings. The predicted octanol–water partition coefficient (Wildman–Crippen LogP) is 4.80. The molecule has 164 valence electrons. The Morgan fingerprint density at radius 3 is 2.55 bits per heavy atom. The van der Waals surface area contributed by atoms with Crippen LogP contribution in [0.2, 0.25) is 0 Å². The van der Waals surface area contributed by atoms with Gasteiger partial charge < -0.3 is 5.32 Å². The van der Waals surface area contributed by atoms with Crippen LogP contribution in [0, 0.1) is 12.7 Å². The lowest BCUT2D eigenvalue weighted by molar-refractivity contribution is -0.118. The van der Waals surface area contributed by atoms with Crippen molar-refractivity contribution < 1.29 is 9.18 Å². The predicted molar refractivity (Wildman–Crippen MR) is 127 cm³/mol. The van der Waals surface area contributed by atoms with Gasteiger partial charge in [-0.1, -0.05) is 65.9 Å². The third kappa shape index (κ3) is 4.42. The number of nitrogens with zero attached hydrogens (tertiary/aromatic N) is 4. The van der Waals surface area contributed by atoms with Crippen LogP contribution in [0.25, 0.3) is 28.1 Å². The zero-order chi connectivity index (χ0) is 22.8. The number of halogens is 1. The van der Waals surface area contributed by atoms with Gasteiger partial charge in [-0.15, -0.1) is 10.2 Å². The molecule has 0 aliphatic heterocycles. The maximum atomic E-state index is 13.0. The Balaban J connectivity index is 1.42. The number of carbonyl (C=O) groups excluding carboxylic acids is 1. The van der Waals surface area contributed by atoms with Gasteiger partial charge in [-0.3, -0.25) is 9.20 Å². The molecule has 0 spiro atoms. The quantitative estimate of drug-likeness (QED) is 0.371. The summed E-state index contributed by atoms with van der Waals surface area (Å²) < 4.78 is 15.0. The molecular weight excluding hydrogens is 437 g/mol. The van der Waals surface area contributed by atoms with E-state index in [0.29, 0.717) is 17.2 Å². The van der Waals surface area contributed by atoms with E-state index in [1.807, 2.05) is 59.9 Å². The molecule has 0 atom stereocenters. The zero-order valence-electron chi connectivity index (χ0n) is 17.8. The minimum Gasteiger partial charge on any atom is -0.351 e. The summed E-state index contributed by atoms with van der Waals surface area (Å²) in [5, 5.41) is 12.3. The van der Waals surface area contributed by atoms with Crippen molar-refractivity contribution in [1.82, 2.24) is 24.9 Å². The van der Waals surface area contributed by atoms with E-state index in [1.165, 1.54) is 29.5 Å². The first kappa shape index (κ1) is 21.1. The van der Waals surface area contributed by atoms with Crippen LogP contribution in [0.1, 0.15) is 11.1 Å². The molecule has 0 bridgehead atoms. The second-order valence-electron chi connectivity index (χ2n) is 7.65. The smallest absolute Gasteiger partial charge is 0.230 e. The SMILES string of the molecule is Cc1ccc(-c2nnc3c(SCC(=O)NCc4ccc(F)cc4)nc4ccccc4n23)cc1. The highest BCUT2D eigenvalue weighted by atomic mass is 32.2. The maximum Gasteiger partial charge on any atom is 0.230 e. The normalized spacial score (nSPS) is 11.2. The molecule has 0 radical (unpaired) electrons. The van der Waals surface area contributed by atoms with Crippen molar-refractivity contribution in [3.8, 4) is 11.4 Å². The maximum absolute atomic E-state index is 13.0. The van der Waals surface area contributed by atoms with E-state index < -0.39 is 0 Å². The van der Waals surface area contributed by atoms with Crippen LogP contribution in [-0.4, -0.2) is 31.2 Å². The molecule has 0 fully saturated rings. The number of fused-ring (bicyclic) bond motifs is 3. The summed E-state index contributed by atoms with van der Waals surface area (Å²) in [6.45, 7) is 2.38. The second kappa shape index (κ2) is 8.99. The van der Waals surface area contributed by atoms with Crippen molar-refractivity contribution in [3.05, 3.63) is 89.7 Å². The highest BCUT2D eigenvalue weighted by molar-refractivity contribution is 8.00. The van der Waals surface area contributed by atoms with Gasteiger partial charge in [-0.2, -0.15) is 0 Å². The van der Waals surface area contributed by atoms with Crippen LogP contribution in [0.3, 0.4) is 0 Å². The highest BCUT2D eigenvalue weighted by Gasteiger charge is 2.17. The molecule has 33 heavy (non-hydrogen) atoms. The Bertz CT molecular complexity index is 1450. The number of rotatable bonds is 6. The van der Waals surface area contributed by atoms with Gasteiger partial charge >= 0.3 is 0 Å². The molecule has 0 unspecified atom stereocenters. The van der Waals surface area contributed by atoms with Gasteiger partial charge in [-0.25, -0.2) is 9.37 Å². The van der Waals surface area contributed by atoms with Gasteiger partial charge in [0.05, 0.1) is 16.8 Å². The average Bonchev–Trinajstić information content (AvgIpc) is 3.28. The van der Waals surface area contributed by atoms with E-state index in [0.717, 1.165) is 28.0 Å². The van der Waals surface area contributed by atoms with Crippen molar-refractivity contribution in [2.75, 3.05) is 5.75 Å². The van der Waals surface area contributed by atoms with E-state index in [4.69, 9.17) is 4.98 Å². The molecule has 5 rings (SSSR count). The Morgan fingerprint density at radius 2 is 1.76 bits per heavy atom. The molecule has 1 amide bonds. The average molecular weight is 458 g/mol. The largest absolute Gasteiger partial charge is 0.351 e. The summed E-state index contributed by atoms with van der Waals surface area (Å²) in [6, 6.07) is 22.0. The van der Waals surface area contributed by atoms with E-state index in [1.54, 1.807) is 12.1 Å². The first-order valence-electron chi connectivity index (χ1n) is 10.4. The Kier molecular flexibility index (Phi) is 5.75. The fourth-order valence-electron chi connectivity index (χ4n) is 3.53. The van der Waals surface area contributed by atoms with Crippen molar-refractivity contribution in [1.29, 1.82) is 0 Å². The van der Waals surface area contributed by atoms with Gasteiger partial charge in [-0.05, 0) is 36.8 Å². The number of aromatic nitrogens is 4. The molecule has 5 aromatic rings. The number of nitrogens with one attached hydrogen (secondary N) is 1. The number of para-hydroxylation sites is 2. The standard InChI is InChI=1S/C25H20FN5OS/c1-16-6-10-18(11-7-16)23-29-30-24-25(28-20-4-2-3-5-21(20)31(23)24)33-15-22(32)27-14-17-8-12-19(26)13-9-17/h2-13H,14-15H2,1H3,(H,27,32). The van der Waals surface area contributed by atoms with Gasteiger partial charge in [0.1, 0.15) is 10.8 Å². The molecule has 3 aromatic carbocycles. The van der Waals surface area contributed by atoms with E-state index in [2.05, 4.69) is 15.5 Å². The first-order chi connectivity index (χ1) is 16.1. The first-order valence-corrected chi connectivity index (χ1v) is 11.4. The summed E-state index contributed by atoms with van der Waals surface area (Å²) in [7, 11) is 0. The third-order valence-electron chi connectivity index (χ3n) is 5.25. The van der Waals surface area contributed by atoms with Crippen LogP contribution in [0.4, 0.5) is 4.39 Å².